The van der Waals surface area contributed by atoms with Crippen molar-refractivity contribution >= 4 is 17.5 Å². The first-order valence-corrected chi connectivity index (χ1v) is 8.50. The van der Waals surface area contributed by atoms with Gasteiger partial charge in [0.05, 0.1) is 5.75 Å². The zero-order chi connectivity index (χ0) is 17.2. The van der Waals surface area contributed by atoms with Crippen LogP contribution in [-0.2, 0) is 6.18 Å². The molecular formula is C15H14F3N3O2S. The summed E-state index contributed by atoms with van der Waals surface area (Å²) in [7, 11) is 0. The molecule has 5 nitrogen and oxygen atoms in total. The highest BCUT2D eigenvalue weighted by Gasteiger charge is 2.38. The van der Waals surface area contributed by atoms with Crippen LogP contribution >= 0.6 is 11.8 Å². The molecule has 2 heterocycles. The molecule has 128 valence electrons. The van der Waals surface area contributed by atoms with E-state index in [1.807, 2.05) is 0 Å². The molecule has 1 aliphatic carbocycles. The van der Waals surface area contributed by atoms with Crippen molar-refractivity contribution in [1.29, 1.82) is 0 Å². The molecule has 0 saturated heterocycles. The second kappa shape index (κ2) is 6.92. The van der Waals surface area contributed by atoms with Gasteiger partial charge in [-0.2, -0.15) is 29.9 Å². The highest BCUT2D eigenvalue weighted by molar-refractivity contribution is 8.00. The molecular weight excluding hydrogens is 343 g/mol. The van der Waals surface area contributed by atoms with Crippen molar-refractivity contribution in [3.8, 4) is 11.4 Å². The van der Waals surface area contributed by atoms with E-state index in [4.69, 9.17) is 0 Å². The van der Waals surface area contributed by atoms with Crippen LogP contribution in [-0.4, -0.2) is 31.9 Å². The summed E-state index contributed by atoms with van der Waals surface area (Å²) in [5.41, 5.74) is 0.540. The quantitative estimate of drug-likeness (QED) is 0.753. The predicted octanol–water partition coefficient (Wildman–Crippen LogP) is 4.01. The molecule has 1 aliphatic rings. The molecule has 0 aliphatic heterocycles. The minimum absolute atomic E-state index is 0.0949. The van der Waals surface area contributed by atoms with Gasteiger partial charge in [-0.25, -0.2) is 0 Å². The Kier molecular flexibility index (Phi) is 4.88. The number of hydrogen-bond donors (Lipinski definition) is 0. The molecule has 3 rings (SSSR count). The molecule has 0 spiro atoms. The third kappa shape index (κ3) is 3.95. The summed E-state index contributed by atoms with van der Waals surface area (Å²) in [5, 5.41) is 3.82. The van der Waals surface area contributed by atoms with Gasteiger partial charge in [0.25, 0.3) is 0 Å². The Bertz CT molecular complexity index is 709. The monoisotopic (exact) mass is 357 g/mol. The van der Waals surface area contributed by atoms with Crippen molar-refractivity contribution in [2.45, 2.75) is 37.1 Å². The summed E-state index contributed by atoms with van der Waals surface area (Å²) in [5.74, 6) is -1.36. The Morgan fingerprint density at radius 2 is 2.04 bits per heavy atom. The first kappa shape index (κ1) is 16.9. The Morgan fingerprint density at radius 3 is 2.62 bits per heavy atom. The lowest BCUT2D eigenvalue weighted by Crippen LogP contribution is -2.08. The highest BCUT2D eigenvalue weighted by Crippen LogP contribution is 2.30. The second-order valence-corrected chi connectivity index (χ2v) is 6.78. The Morgan fingerprint density at radius 1 is 1.29 bits per heavy atom. The molecule has 2 aromatic rings. The summed E-state index contributed by atoms with van der Waals surface area (Å²) in [6, 6.07) is 2.93. The number of alkyl halides is 3. The number of hydrogen-bond acceptors (Lipinski definition) is 6. The number of Topliss-reactive ketones (excluding diaryl/α,β-unsaturated/α-hetero) is 1. The topological polar surface area (TPSA) is 68.9 Å². The maximum atomic E-state index is 12.4. The van der Waals surface area contributed by atoms with E-state index >= 15 is 0 Å². The van der Waals surface area contributed by atoms with Gasteiger partial charge >= 0.3 is 12.1 Å². The fourth-order valence-electron chi connectivity index (χ4n) is 2.47. The van der Waals surface area contributed by atoms with Crippen molar-refractivity contribution in [2.24, 2.45) is 0 Å². The van der Waals surface area contributed by atoms with Crippen LogP contribution in [0, 0.1) is 0 Å². The molecule has 0 unspecified atom stereocenters. The number of carbonyl (C=O) groups is 1. The summed E-state index contributed by atoms with van der Waals surface area (Å²) in [4.78, 5) is 19.4. The van der Waals surface area contributed by atoms with Gasteiger partial charge in [-0.05, 0) is 25.0 Å². The summed E-state index contributed by atoms with van der Waals surface area (Å²) >= 11 is 1.64. The molecule has 0 amide bonds. The predicted molar refractivity (Wildman–Crippen MR) is 81.6 cm³/mol. The van der Waals surface area contributed by atoms with Gasteiger partial charge in [-0.1, -0.05) is 18.0 Å². The number of thioether (sulfide) groups is 1. The van der Waals surface area contributed by atoms with Crippen LogP contribution in [0.15, 0.2) is 22.9 Å². The normalized spacial score (nSPS) is 15.8. The molecule has 9 heteroatoms. The number of rotatable bonds is 5. The molecule has 2 aromatic heterocycles. The fourth-order valence-corrected chi connectivity index (χ4v) is 3.67. The lowest BCUT2D eigenvalue weighted by molar-refractivity contribution is -0.159. The van der Waals surface area contributed by atoms with Crippen LogP contribution in [0.1, 0.15) is 42.1 Å². The lowest BCUT2D eigenvalue weighted by atomic mass is 10.2. The van der Waals surface area contributed by atoms with Crippen molar-refractivity contribution in [3.05, 3.63) is 29.9 Å². The Balaban J connectivity index is 1.64. The second-order valence-electron chi connectivity index (χ2n) is 5.49. The lowest BCUT2D eigenvalue weighted by Gasteiger charge is -2.07. The van der Waals surface area contributed by atoms with Crippen LogP contribution in [0.2, 0.25) is 0 Å². The maximum absolute atomic E-state index is 12.4. The van der Waals surface area contributed by atoms with E-state index in [0.29, 0.717) is 11.0 Å². The van der Waals surface area contributed by atoms with Gasteiger partial charge in [0, 0.05) is 17.0 Å². The van der Waals surface area contributed by atoms with Crippen molar-refractivity contribution in [1.82, 2.24) is 15.1 Å². The van der Waals surface area contributed by atoms with E-state index in [1.165, 1.54) is 31.2 Å². The van der Waals surface area contributed by atoms with Gasteiger partial charge in [-0.15, -0.1) is 0 Å². The van der Waals surface area contributed by atoms with Gasteiger partial charge in [0.15, 0.2) is 5.78 Å². The maximum Gasteiger partial charge on any atom is 0.471 e. The molecule has 0 aromatic carbocycles. The van der Waals surface area contributed by atoms with E-state index in [-0.39, 0.29) is 22.9 Å². The minimum atomic E-state index is -4.69. The first-order valence-electron chi connectivity index (χ1n) is 7.45. The van der Waals surface area contributed by atoms with Crippen LogP contribution < -0.4 is 0 Å². The minimum Gasteiger partial charge on any atom is -0.329 e. The van der Waals surface area contributed by atoms with Crippen LogP contribution in [0.4, 0.5) is 13.2 Å². The average Bonchev–Trinajstić information content (AvgIpc) is 3.23. The summed E-state index contributed by atoms with van der Waals surface area (Å²) in [6.45, 7) is 0. The number of ketones is 1. The van der Waals surface area contributed by atoms with Crippen molar-refractivity contribution in [3.63, 3.8) is 0 Å². The molecule has 0 bridgehead atoms. The van der Waals surface area contributed by atoms with E-state index in [0.717, 1.165) is 12.8 Å². The molecule has 1 fully saturated rings. The largest absolute Gasteiger partial charge is 0.471 e. The van der Waals surface area contributed by atoms with Crippen LogP contribution in [0.3, 0.4) is 0 Å². The number of aromatic nitrogens is 3. The van der Waals surface area contributed by atoms with Gasteiger partial charge in [0.2, 0.25) is 5.82 Å². The zero-order valence-corrected chi connectivity index (χ0v) is 13.4. The summed E-state index contributed by atoms with van der Waals surface area (Å²) in [6.07, 6.45) is 1.30. The highest BCUT2D eigenvalue weighted by atomic mass is 32.2. The molecule has 1 saturated carbocycles. The number of nitrogens with zero attached hydrogens (tertiary/aromatic N) is 3. The van der Waals surface area contributed by atoms with Crippen LogP contribution in [0.25, 0.3) is 11.4 Å². The average molecular weight is 357 g/mol. The smallest absolute Gasteiger partial charge is 0.329 e. The molecule has 0 N–H and O–H groups in total. The van der Waals surface area contributed by atoms with Crippen molar-refractivity contribution < 1.29 is 22.5 Å². The zero-order valence-electron chi connectivity index (χ0n) is 12.5. The third-order valence-corrected chi connectivity index (χ3v) is 5.10. The Labute approximate surface area is 140 Å². The van der Waals surface area contributed by atoms with E-state index in [1.54, 1.807) is 11.8 Å². The third-order valence-electron chi connectivity index (χ3n) is 3.73. The van der Waals surface area contributed by atoms with E-state index in [9.17, 15) is 18.0 Å². The summed E-state index contributed by atoms with van der Waals surface area (Å²) < 4.78 is 41.5. The van der Waals surface area contributed by atoms with Gasteiger partial charge in [0.1, 0.15) is 5.69 Å². The standard InChI is InChI=1S/C15H14F3N3O2S/c16-15(17,18)14-20-13(21-23-14)9-5-6-11(19-7-9)12(22)8-24-10-3-1-2-4-10/h5-7,10H,1-4,8H2. The number of pyridine rings is 1. The molecule has 24 heavy (non-hydrogen) atoms. The van der Waals surface area contributed by atoms with Crippen molar-refractivity contribution in [2.75, 3.05) is 5.75 Å². The van der Waals surface area contributed by atoms with E-state index < -0.39 is 12.1 Å². The number of halogens is 3. The fraction of sp³-hybridized carbons (Fsp3) is 0.467. The van der Waals surface area contributed by atoms with Gasteiger partial charge in [-0.3, -0.25) is 9.78 Å². The SMILES string of the molecule is O=C(CSC1CCCC1)c1ccc(-c2noc(C(F)(F)F)n2)cn1. The number of carbonyl (C=O) groups excluding carboxylic acids is 1. The Hall–Kier alpha value is -1.90. The first-order chi connectivity index (χ1) is 11.4. The molecule has 0 atom stereocenters. The molecule has 0 radical (unpaired) electrons. The van der Waals surface area contributed by atoms with Crippen LogP contribution in [0.5, 0.6) is 0 Å². The van der Waals surface area contributed by atoms with Gasteiger partial charge < -0.3 is 4.52 Å². The van der Waals surface area contributed by atoms with E-state index in [2.05, 4.69) is 19.6 Å².